The summed E-state index contributed by atoms with van der Waals surface area (Å²) >= 11 is 0. The van der Waals surface area contributed by atoms with Crippen LogP contribution in [-0.2, 0) is 19.6 Å². The van der Waals surface area contributed by atoms with Crippen molar-refractivity contribution >= 4 is 11.8 Å². The summed E-state index contributed by atoms with van der Waals surface area (Å²) in [4.78, 5) is 27.4. The molecule has 1 unspecified atom stereocenters. The molecule has 0 bridgehead atoms. The van der Waals surface area contributed by atoms with Gasteiger partial charge in [0, 0.05) is 13.6 Å². The molecule has 0 aliphatic carbocycles. The maximum absolute atomic E-state index is 13.1. The molecule has 1 atom stereocenters. The molecule has 156 valence electrons. The lowest BCUT2D eigenvalue weighted by atomic mass is 10.0. The smallest absolute Gasteiger partial charge is 0.276 e. The van der Waals surface area contributed by atoms with Crippen molar-refractivity contribution in [3.8, 4) is 0 Å². The molecule has 0 spiro atoms. The zero-order chi connectivity index (χ0) is 21.3. The first kappa shape index (κ1) is 19.8. The summed E-state index contributed by atoms with van der Waals surface area (Å²) in [6, 6.07) is 11.4. The minimum absolute atomic E-state index is 0.0693. The highest BCUT2D eigenvalue weighted by molar-refractivity contribution is 6.05. The van der Waals surface area contributed by atoms with Crippen LogP contribution in [0.5, 0.6) is 0 Å². The fourth-order valence-corrected chi connectivity index (χ4v) is 3.76. The van der Waals surface area contributed by atoms with Gasteiger partial charge >= 0.3 is 0 Å². The van der Waals surface area contributed by atoms with E-state index in [4.69, 9.17) is 0 Å². The second kappa shape index (κ2) is 8.10. The van der Waals surface area contributed by atoms with Crippen molar-refractivity contribution in [1.82, 2.24) is 35.0 Å². The summed E-state index contributed by atoms with van der Waals surface area (Å²) in [5.41, 5.74) is 3.11. The molecule has 9 nitrogen and oxygen atoms in total. The molecule has 1 aliphatic heterocycles. The van der Waals surface area contributed by atoms with E-state index in [9.17, 15) is 9.59 Å². The predicted molar refractivity (Wildman–Crippen MR) is 110 cm³/mol. The average Bonchev–Trinajstić information content (AvgIpc) is 3.32. The van der Waals surface area contributed by atoms with Crippen molar-refractivity contribution in [3.05, 3.63) is 64.7 Å². The molecule has 0 radical (unpaired) electrons. The Kier molecular flexibility index (Phi) is 5.35. The Bertz CT molecular complexity index is 1070. The van der Waals surface area contributed by atoms with E-state index >= 15 is 0 Å². The van der Waals surface area contributed by atoms with Crippen LogP contribution in [-0.4, -0.2) is 48.5 Å². The standard InChI is InChI=1S/C21H25N7O2/c1-4-10-27-16(11-14(2)24-27)12-26(3)21(30)18-19-20(29)22-17(13-28(19)25-23-18)15-8-6-5-7-9-15/h5-9,11,17H,4,10,12-13H2,1-3H3,(H,22,29). The van der Waals surface area contributed by atoms with Gasteiger partial charge in [0.15, 0.2) is 11.4 Å². The van der Waals surface area contributed by atoms with Gasteiger partial charge in [-0.25, -0.2) is 4.68 Å². The summed E-state index contributed by atoms with van der Waals surface area (Å²) < 4.78 is 3.43. The third-order valence-electron chi connectivity index (χ3n) is 5.18. The average molecular weight is 407 g/mol. The normalized spacial score (nSPS) is 15.6. The predicted octanol–water partition coefficient (Wildman–Crippen LogP) is 1.95. The topological polar surface area (TPSA) is 97.9 Å². The van der Waals surface area contributed by atoms with Gasteiger partial charge in [0.2, 0.25) is 0 Å². The minimum atomic E-state index is -0.344. The van der Waals surface area contributed by atoms with Crippen LogP contribution >= 0.6 is 0 Å². The quantitative estimate of drug-likeness (QED) is 0.674. The summed E-state index contributed by atoms with van der Waals surface area (Å²) in [6.07, 6.45) is 0.951. The number of rotatable bonds is 6. The highest BCUT2D eigenvalue weighted by Gasteiger charge is 2.33. The number of nitrogens with zero attached hydrogens (tertiary/aromatic N) is 6. The van der Waals surface area contributed by atoms with E-state index in [2.05, 4.69) is 27.7 Å². The Morgan fingerprint density at radius 1 is 1.30 bits per heavy atom. The van der Waals surface area contributed by atoms with Crippen LogP contribution in [0.3, 0.4) is 0 Å². The first-order valence-electron chi connectivity index (χ1n) is 10.1. The third kappa shape index (κ3) is 3.70. The number of carbonyl (C=O) groups is 2. The van der Waals surface area contributed by atoms with Crippen LogP contribution in [0, 0.1) is 6.92 Å². The van der Waals surface area contributed by atoms with Gasteiger partial charge in [-0.3, -0.25) is 14.3 Å². The summed E-state index contributed by atoms with van der Waals surface area (Å²) in [7, 11) is 1.69. The van der Waals surface area contributed by atoms with Crippen molar-refractivity contribution < 1.29 is 9.59 Å². The monoisotopic (exact) mass is 407 g/mol. The fraction of sp³-hybridized carbons (Fsp3) is 0.381. The molecule has 3 aromatic rings. The molecule has 30 heavy (non-hydrogen) atoms. The van der Waals surface area contributed by atoms with Crippen LogP contribution in [0.4, 0.5) is 0 Å². The largest absolute Gasteiger partial charge is 0.342 e. The molecule has 1 aromatic carbocycles. The Hall–Kier alpha value is -3.49. The molecule has 9 heteroatoms. The maximum Gasteiger partial charge on any atom is 0.276 e. The van der Waals surface area contributed by atoms with Crippen LogP contribution in [0.2, 0.25) is 0 Å². The Morgan fingerprint density at radius 2 is 2.07 bits per heavy atom. The van der Waals surface area contributed by atoms with Crippen molar-refractivity contribution in [2.45, 2.75) is 45.9 Å². The Labute approximate surface area is 174 Å². The van der Waals surface area contributed by atoms with E-state index < -0.39 is 0 Å². The van der Waals surface area contributed by atoms with Gasteiger partial charge in [-0.2, -0.15) is 5.10 Å². The molecule has 0 saturated carbocycles. The number of hydrogen-bond donors (Lipinski definition) is 1. The molecule has 3 heterocycles. The van der Waals surface area contributed by atoms with E-state index in [0.717, 1.165) is 29.9 Å². The van der Waals surface area contributed by atoms with E-state index in [1.54, 1.807) is 11.9 Å². The van der Waals surface area contributed by atoms with Gasteiger partial charge in [0.1, 0.15) is 0 Å². The van der Waals surface area contributed by atoms with Crippen LogP contribution < -0.4 is 5.32 Å². The van der Waals surface area contributed by atoms with Crippen LogP contribution in [0.15, 0.2) is 36.4 Å². The SMILES string of the molecule is CCCn1nc(C)cc1CN(C)C(=O)c1nnn2c1C(=O)NC(c1ccccc1)C2. The zero-order valence-electron chi connectivity index (χ0n) is 17.4. The Balaban J connectivity index is 1.54. The van der Waals surface area contributed by atoms with E-state index in [0.29, 0.717) is 13.1 Å². The van der Waals surface area contributed by atoms with Crippen molar-refractivity contribution in [2.75, 3.05) is 7.05 Å². The highest BCUT2D eigenvalue weighted by atomic mass is 16.2. The summed E-state index contributed by atoms with van der Waals surface area (Å²) in [5.74, 6) is -0.685. The first-order valence-corrected chi connectivity index (χ1v) is 10.1. The molecule has 2 amide bonds. The number of aromatic nitrogens is 5. The lowest BCUT2D eigenvalue weighted by molar-refractivity contribution is 0.0764. The third-order valence-corrected chi connectivity index (χ3v) is 5.18. The molecule has 0 fully saturated rings. The number of aryl methyl sites for hydroxylation is 2. The lowest BCUT2D eigenvalue weighted by Crippen LogP contribution is -2.40. The molecule has 1 N–H and O–H groups in total. The van der Waals surface area contributed by atoms with Gasteiger partial charge in [-0.15, -0.1) is 5.10 Å². The van der Waals surface area contributed by atoms with Crippen LogP contribution in [0.1, 0.15) is 57.3 Å². The molecule has 4 rings (SSSR count). The number of amides is 2. The van der Waals surface area contributed by atoms with E-state index in [-0.39, 0.29) is 29.2 Å². The number of nitrogens with one attached hydrogen (secondary N) is 1. The molecular formula is C21H25N7O2. The number of fused-ring (bicyclic) bond motifs is 1. The van der Waals surface area contributed by atoms with Gasteiger partial charge in [-0.1, -0.05) is 42.5 Å². The minimum Gasteiger partial charge on any atom is -0.342 e. The van der Waals surface area contributed by atoms with Crippen molar-refractivity contribution in [2.24, 2.45) is 0 Å². The highest BCUT2D eigenvalue weighted by Crippen LogP contribution is 2.22. The second-order valence-corrected chi connectivity index (χ2v) is 7.57. The fourth-order valence-electron chi connectivity index (χ4n) is 3.76. The maximum atomic E-state index is 13.1. The number of benzene rings is 1. The summed E-state index contributed by atoms with van der Waals surface area (Å²) in [6.45, 7) is 5.61. The van der Waals surface area contributed by atoms with Gasteiger partial charge < -0.3 is 10.2 Å². The van der Waals surface area contributed by atoms with Gasteiger partial charge in [0.25, 0.3) is 11.8 Å². The molecule has 0 saturated heterocycles. The number of hydrogen-bond acceptors (Lipinski definition) is 5. The first-order chi connectivity index (χ1) is 14.5. The van der Waals surface area contributed by atoms with Crippen LogP contribution in [0.25, 0.3) is 0 Å². The van der Waals surface area contributed by atoms with Gasteiger partial charge in [0.05, 0.1) is 30.5 Å². The van der Waals surface area contributed by atoms with E-state index in [1.807, 2.05) is 48.0 Å². The Morgan fingerprint density at radius 3 is 2.80 bits per heavy atom. The molecule has 2 aromatic heterocycles. The molecule has 1 aliphatic rings. The van der Waals surface area contributed by atoms with Crippen molar-refractivity contribution in [3.63, 3.8) is 0 Å². The zero-order valence-corrected chi connectivity index (χ0v) is 17.4. The van der Waals surface area contributed by atoms with Crippen molar-refractivity contribution in [1.29, 1.82) is 0 Å². The number of carbonyl (C=O) groups excluding carboxylic acids is 2. The molecular weight excluding hydrogens is 382 g/mol. The summed E-state index contributed by atoms with van der Waals surface area (Å²) in [5, 5.41) is 15.6. The van der Waals surface area contributed by atoms with Gasteiger partial charge in [-0.05, 0) is 25.0 Å². The van der Waals surface area contributed by atoms with E-state index in [1.165, 1.54) is 4.68 Å². The lowest BCUT2D eigenvalue weighted by Gasteiger charge is -2.25. The second-order valence-electron chi connectivity index (χ2n) is 7.57.